The number of nitriles is 1. The highest BCUT2D eigenvalue weighted by Crippen LogP contribution is 2.25. The Labute approximate surface area is 192 Å². The maximum Gasteiger partial charge on any atom is 0.269 e. The van der Waals surface area contributed by atoms with Crippen LogP contribution in [0.4, 0.5) is 0 Å². The van der Waals surface area contributed by atoms with Crippen LogP contribution in [0.5, 0.6) is 11.6 Å². The molecule has 1 atom stereocenters. The Bertz CT molecular complexity index is 1270. The molecule has 1 amide bonds. The molecule has 162 valence electrons. The average Bonchev–Trinajstić information content (AvgIpc) is 3.33. The topological polar surface area (TPSA) is 106 Å². The first kappa shape index (κ1) is 21.7. The van der Waals surface area contributed by atoms with Gasteiger partial charge in [-0.1, -0.05) is 22.0 Å². The van der Waals surface area contributed by atoms with Crippen molar-refractivity contribution in [1.29, 1.82) is 5.26 Å². The first-order valence-corrected chi connectivity index (χ1v) is 10.8. The third kappa shape index (κ3) is 4.88. The molecule has 1 aliphatic heterocycles. The van der Waals surface area contributed by atoms with Crippen molar-refractivity contribution in [3.8, 4) is 17.7 Å². The maximum atomic E-state index is 13.2. The zero-order valence-corrected chi connectivity index (χ0v) is 18.5. The van der Waals surface area contributed by atoms with Crippen LogP contribution >= 0.6 is 15.9 Å². The van der Waals surface area contributed by atoms with Crippen LogP contribution in [0.2, 0.25) is 0 Å². The highest BCUT2D eigenvalue weighted by atomic mass is 79.9. The number of carbonyl (C=O) groups excluding carboxylic acids is 1. The number of aromatic nitrogens is 2. The Kier molecular flexibility index (Phi) is 6.63. The van der Waals surface area contributed by atoms with E-state index in [0.717, 1.165) is 17.3 Å². The molecule has 3 aromatic rings. The summed E-state index contributed by atoms with van der Waals surface area (Å²) in [6.07, 6.45) is 4.51. The second kappa shape index (κ2) is 9.77. The van der Waals surface area contributed by atoms with Crippen molar-refractivity contribution in [2.75, 3.05) is 13.2 Å². The minimum atomic E-state index is -0.588. The Balaban J connectivity index is 1.72. The number of benzene rings is 1. The minimum Gasteiger partial charge on any atom is -0.438 e. The van der Waals surface area contributed by atoms with E-state index >= 15 is 0 Å². The fourth-order valence-corrected chi connectivity index (χ4v) is 3.56. The van der Waals surface area contributed by atoms with Gasteiger partial charge in [0.05, 0.1) is 6.10 Å². The Morgan fingerprint density at radius 3 is 2.88 bits per heavy atom. The van der Waals surface area contributed by atoms with Gasteiger partial charge < -0.3 is 14.8 Å². The lowest BCUT2D eigenvalue weighted by Gasteiger charge is -2.11. The van der Waals surface area contributed by atoms with Crippen LogP contribution in [0.15, 0.2) is 63.5 Å². The fourth-order valence-electron chi connectivity index (χ4n) is 3.30. The number of hydrogen-bond donors (Lipinski definition) is 1. The number of nitrogens with one attached hydrogen (secondary N) is 1. The van der Waals surface area contributed by atoms with Crippen molar-refractivity contribution in [3.63, 3.8) is 0 Å². The van der Waals surface area contributed by atoms with Crippen LogP contribution in [0, 0.1) is 11.3 Å². The van der Waals surface area contributed by atoms with Gasteiger partial charge in [-0.2, -0.15) is 10.2 Å². The summed E-state index contributed by atoms with van der Waals surface area (Å²) in [7, 11) is 0. The number of hydrogen-bond acceptors (Lipinski definition) is 6. The Hall–Kier alpha value is -3.48. The van der Waals surface area contributed by atoms with E-state index in [1.54, 1.807) is 48.7 Å². The number of nitrogens with zero attached hydrogens (tertiary/aromatic N) is 3. The molecule has 2 aromatic heterocycles. The summed E-state index contributed by atoms with van der Waals surface area (Å²) in [5.41, 5.74) is -0.302. The minimum absolute atomic E-state index is 0.000403. The molecule has 8 nitrogen and oxygen atoms in total. The third-order valence-corrected chi connectivity index (χ3v) is 5.46. The van der Waals surface area contributed by atoms with Crippen LogP contribution in [0.3, 0.4) is 0 Å². The number of carbonyl (C=O) groups is 1. The molecule has 0 spiro atoms. The number of halogens is 1. The molecule has 0 aliphatic carbocycles. The molecule has 3 heterocycles. The summed E-state index contributed by atoms with van der Waals surface area (Å²) in [6.45, 7) is 0.965. The number of ether oxygens (including phenoxy) is 2. The maximum absolute atomic E-state index is 13.2. The first-order valence-electron chi connectivity index (χ1n) is 10.0. The van der Waals surface area contributed by atoms with Gasteiger partial charge in [-0.3, -0.25) is 14.0 Å². The van der Waals surface area contributed by atoms with Gasteiger partial charge in [0.15, 0.2) is 0 Å². The van der Waals surface area contributed by atoms with E-state index < -0.39 is 11.5 Å². The smallest absolute Gasteiger partial charge is 0.269 e. The first-order chi connectivity index (χ1) is 15.5. The summed E-state index contributed by atoms with van der Waals surface area (Å²) in [5.74, 6) is -0.130. The SMILES string of the molecule is N#C/C(=C\c1c(Oc2ccc(Br)cc2)nc2ccccn2c1=O)C(=O)NC[C@H]1CCCO1. The molecule has 0 bridgehead atoms. The van der Waals surface area contributed by atoms with Crippen molar-refractivity contribution >= 4 is 33.6 Å². The summed E-state index contributed by atoms with van der Waals surface area (Å²) in [6, 6.07) is 14.0. The molecular weight excluding hydrogens is 476 g/mol. The van der Waals surface area contributed by atoms with Crippen molar-refractivity contribution in [2.45, 2.75) is 18.9 Å². The molecule has 9 heteroatoms. The molecule has 4 rings (SSSR count). The molecule has 0 saturated carbocycles. The zero-order valence-electron chi connectivity index (χ0n) is 17.0. The van der Waals surface area contributed by atoms with Crippen LogP contribution < -0.4 is 15.6 Å². The lowest BCUT2D eigenvalue weighted by Crippen LogP contribution is -2.32. The molecule has 1 aromatic carbocycles. The molecule has 1 aliphatic rings. The van der Waals surface area contributed by atoms with E-state index in [-0.39, 0.29) is 23.1 Å². The average molecular weight is 495 g/mol. The normalized spacial score (nSPS) is 16.0. The third-order valence-electron chi connectivity index (χ3n) is 4.93. The molecule has 1 fully saturated rings. The van der Waals surface area contributed by atoms with Crippen molar-refractivity contribution in [2.24, 2.45) is 0 Å². The largest absolute Gasteiger partial charge is 0.438 e. The molecule has 1 saturated heterocycles. The van der Waals surface area contributed by atoms with Gasteiger partial charge in [-0.15, -0.1) is 0 Å². The Morgan fingerprint density at radius 2 is 2.16 bits per heavy atom. The van der Waals surface area contributed by atoms with E-state index in [1.807, 2.05) is 6.07 Å². The van der Waals surface area contributed by atoms with Crippen LogP contribution in [0.25, 0.3) is 11.7 Å². The number of rotatable bonds is 6. The molecule has 0 unspecified atom stereocenters. The predicted octanol–water partition coefficient (Wildman–Crippen LogP) is 3.45. The van der Waals surface area contributed by atoms with Crippen molar-refractivity contribution in [1.82, 2.24) is 14.7 Å². The molecular formula is C23H19BrN4O4. The summed E-state index contributed by atoms with van der Waals surface area (Å²) < 4.78 is 13.6. The number of fused-ring (bicyclic) bond motifs is 1. The van der Waals surface area contributed by atoms with Crippen LogP contribution in [0.1, 0.15) is 18.4 Å². The lowest BCUT2D eigenvalue weighted by molar-refractivity contribution is -0.117. The van der Waals surface area contributed by atoms with E-state index in [4.69, 9.17) is 9.47 Å². The monoisotopic (exact) mass is 494 g/mol. The van der Waals surface area contributed by atoms with Crippen LogP contribution in [-0.2, 0) is 9.53 Å². The molecule has 1 N–H and O–H groups in total. The zero-order chi connectivity index (χ0) is 22.5. The standard InChI is InChI=1S/C23H19BrN4O4/c24-16-6-8-17(9-7-16)32-22-19(23(30)28-10-2-1-5-20(28)27-22)12-15(13-25)21(29)26-14-18-4-3-11-31-18/h1-2,5-10,12,18H,3-4,11,14H2,(H,26,29)/b15-12+/t18-/m1/s1. The van der Waals surface area contributed by atoms with Gasteiger partial charge in [-0.05, 0) is 55.3 Å². The van der Waals surface area contributed by atoms with E-state index in [2.05, 4.69) is 26.2 Å². The highest BCUT2D eigenvalue weighted by molar-refractivity contribution is 9.10. The highest BCUT2D eigenvalue weighted by Gasteiger charge is 2.20. The van der Waals surface area contributed by atoms with Gasteiger partial charge in [0, 0.05) is 23.8 Å². The van der Waals surface area contributed by atoms with Gasteiger partial charge >= 0.3 is 0 Å². The second-order valence-corrected chi connectivity index (χ2v) is 8.05. The summed E-state index contributed by atoms with van der Waals surface area (Å²) in [4.78, 5) is 30.2. The van der Waals surface area contributed by atoms with Gasteiger partial charge in [0.25, 0.3) is 11.5 Å². The van der Waals surface area contributed by atoms with Gasteiger partial charge in [0.2, 0.25) is 5.88 Å². The molecule has 32 heavy (non-hydrogen) atoms. The molecule has 0 radical (unpaired) electrons. The fraction of sp³-hybridized carbons (Fsp3) is 0.217. The quantitative estimate of drug-likeness (QED) is 0.415. The van der Waals surface area contributed by atoms with Gasteiger partial charge in [0.1, 0.15) is 28.6 Å². The van der Waals surface area contributed by atoms with Crippen molar-refractivity contribution in [3.05, 3.63) is 74.6 Å². The van der Waals surface area contributed by atoms with Crippen LogP contribution in [-0.4, -0.2) is 34.5 Å². The second-order valence-electron chi connectivity index (χ2n) is 7.14. The van der Waals surface area contributed by atoms with E-state index in [0.29, 0.717) is 24.5 Å². The lowest BCUT2D eigenvalue weighted by atomic mass is 10.1. The number of pyridine rings is 1. The van der Waals surface area contributed by atoms with Gasteiger partial charge in [-0.25, -0.2) is 0 Å². The van der Waals surface area contributed by atoms with E-state index in [1.165, 1.54) is 10.5 Å². The summed E-state index contributed by atoms with van der Waals surface area (Å²) >= 11 is 3.36. The number of amides is 1. The predicted molar refractivity (Wildman–Crippen MR) is 121 cm³/mol. The summed E-state index contributed by atoms with van der Waals surface area (Å²) in [5, 5.41) is 12.3. The van der Waals surface area contributed by atoms with Crippen molar-refractivity contribution < 1.29 is 14.3 Å². The van der Waals surface area contributed by atoms with E-state index in [9.17, 15) is 14.9 Å². The Morgan fingerprint density at radius 1 is 1.34 bits per heavy atom.